The van der Waals surface area contributed by atoms with Gasteiger partial charge in [0.25, 0.3) is 0 Å². The van der Waals surface area contributed by atoms with Gasteiger partial charge in [-0.05, 0) is 12.8 Å². The van der Waals surface area contributed by atoms with Gasteiger partial charge in [0.2, 0.25) is 0 Å². The fraction of sp³-hybridized carbons (Fsp3) is 0.471. The minimum atomic E-state index is -1.12. The van der Waals surface area contributed by atoms with Gasteiger partial charge in [-0.3, -0.25) is 4.21 Å². The first-order chi connectivity index (χ1) is 12.6. The first-order valence-corrected chi connectivity index (χ1v) is 10.5. The highest BCUT2D eigenvalue weighted by molar-refractivity contribution is 7.84. The van der Waals surface area contributed by atoms with E-state index in [2.05, 4.69) is 25.2 Å². The molecule has 0 radical (unpaired) electrons. The molecule has 26 heavy (non-hydrogen) atoms. The molecule has 0 aromatic carbocycles. The highest BCUT2D eigenvalue weighted by Crippen LogP contribution is 2.41. The van der Waals surface area contributed by atoms with E-state index in [4.69, 9.17) is 16.3 Å². The van der Waals surface area contributed by atoms with Crippen molar-refractivity contribution in [2.45, 2.75) is 23.7 Å². The molecule has 2 aliphatic heterocycles. The van der Waals surface area contributed by atoms with E-state index >= 15 is 0 Å². The van der Waals surface area contributed by atoms with Crippen LogP contribution in [-0.2, 0) is 10.8 Å². The standard InChI is InChI=1S/C17H20ClN5O2S/c1-26(24)13-10-22-17(15-14(13)19-4-7-25-15)23-5-2-11(3-6-23)16-20-8-12(18)9-21-16/h8-11,19H,2-7H2,1H3. The molecule has 0 aliphatic carbocycles. The maximum absolute atomic E-state index is 12.0. The molecule has 0 bridgehead atoms. The Hall–Kier alpha value is -1.93. The van der Waals surface area contributed by atoms with Crippen LogP contribution in [-0.4, -0.2) is 51.7 Å². The predicted octanol–water partition coefficient (Wildman–Crippen LogP) is 2.45. The lowest BCUT2D eigenvalue weighted by molar-refractivity contribution is 0.319. The summed E-state index contributed by atoms with van der Waals surface area (Å²) in [7, 11) is -1.12. The van der Waals surface area contributed by atoms with Crippen molar-refractivity contribution in [2.24, 2.45) is 0 Å². The highest BCUT2D eigenvalue weighted by Gasteiger charge is 2.28. The summed E-state index contributed by atoms with van der Waals surface area (Å²) in [6.45, 7) is 2.97. The van der Waals surface area contributed by atoms with Gasteiger partial charge < -0.3 is 15.0 Å². The lowest BCUT2D eigenvalue weighted by Crippen LogP contribution is -2.35. The Balaban J connectivity index is 1.54. The Morgan fingerprint density at radius 2 is 1.96 bits per heavy atom. The molecular formula is C17H20ClN5O2S. The topological polar surface area (TPSA) is 80.2 Å². The number of anilines is 2. The summed E-state index contributed by atoms with van der Waals surface area (Å²) in [5.41, 5.74) is 0.810. The molecule has 0 amide bonds. The first-order valence-electron chi connectivity index (χ1n) is 8.59. The van der Waals surface area contributed by atoms with E-state index in [1.54, 1.807) is 24.8 Å². The highest BCUT2D eigenvalue weighted by atomic mass is 35.5. The molecule has 4 rings (SSSR count). The summed E-state index contributed by atoms with van der Waals surface area (Å²) in [6.07, 6.45) is 8.53. The lowest BCUT2D eigenvalue weighted by atomic mass is 9.96. The van der Waals surface area contributed by atoms with Crippen molar-refractivity contribution in [1.82, 2.24) is 15.0 Å². The van der Waals surface area contributed by atoms with E-state index in [1.165, 1.54) is 0 Å². The maximum Gasteiger partial charge on any atom is 0.186 e. The quantitative estimate of drug-likeness (QED) is 0.857. The van der Waals surface area contributed by atoms with Crippen molar-refractivity contribution in [1.29, 1.82) is 0 Å². The maximum atomic E-state index is 12.0. The van der Waals surface area contributed by atoms with Crippen LogP contribution >= 0.6 is 11.6 Å². The molecule has 138 valence electrons. The minimum Gasteiger partial charge on any atom is -0.486 e. The van der Waals surface area contributed by atoms with Crippen LogP contribution in [0.3, 0.4) is 0 Å². The van der Waals surface area contributed by atoms with Crippen LogP contribution in [0.1, 0.15) is 24.6 Å². The molecular weight excluding hydrogens is 374 g/mol. The van der Waals surface area contributed by atoms with Crippen LogP contribution in [0.4, 0.5) is 11.5 Å². The van der Waals surface area contributed by atoms with Crippen molar-refractivity contribution in [3.63, 3.8) is 0 Å². The number of ether oxygens (including phenoxy) is 1. The Kier molecular flexibility index (Phi) is 4.95. The summed E-state index contributed by atoms with van der Waals surface area (Å²) in [6, 6.07) is 0. The fourth-order valence-electron chi connectivity index (χ4n) is 3.43. The van der Waals surface area contributed by atoms with E-state index in [-0.39, 0.29) is 0 Å². The smallest absolute Gasteiger partial charge is 0.186 e. The molecule has 9 heteroatoms. The number of halogens is 1. The Morgan fingerprint density at radius 1 is 1.23 bits per heavy atom. The molecule has 2 aromatic heterocycles. The normalized spacial score (nSPS) is 18.6. The molecule has 1 unspecified atom stereocenters. The second-order valence-electron chi connectivity index (χ2n) is 6.40. The van der Waals surface area contributed by atoms with E-state index < -0.39 is 10.8 Å². The Bertz CT molecular complexity index is 825. The summed E-state index contributed by atoms with van der Waals surface area (Å²) < 4.78 is 17.9. The van der Waals surface area contributed by atoms with Crippen LogP contribution in [0.15, 0.2) is 23.5 Å². The van der Waals surface area contributed by atoms with Crippen molar-refractivity contribution < 1.29 is 8.95 Å². The SMILES string of the molecule is CS(=O)c1cnc(N2CCC(c3ncc(Cl)cn3)CC2)c2c1NCCO2. The second-order valence-corrected chi connectivity index (χ2v) is 8.18. The molecule has 1 atom stereocenters. The minimum absolute atomic E-state index is 0.320. The largest absolute Gasteiger partial charge is 0.486 e. The van der Waals surface area contributed by atoms with Crippen molar-refractivity contribution in [3.8, 4) is 5.75 Å². The number of hydrogen-bond acceptors (Lipinski definition) is 7. The Labute approximate surface area is 159 Å². The summed E-state index contributed by atoms with van der Waals surface area (Å²) in [4.78, 5) is 16.2. The molecule has 0 spiro atoms. The van der Waals surface area contributed by atoms with Crippen molar-refractivity contribution in [3.05, 3.63) is 29.4 Å². The Morgan fingerprint density at radius 3 is 2.65 bits per heavy atom. The monoisotopic (exact) mass is 393 g/mol. The van der Waals surface area contributed by atoms with Gasteiger partial charge in [0.1, 0.15) is 12.4 Å². The average Bonchev–Trinajstić information content (AvgIpc) is 2.68. The predicted molar refractivity (Wildman–Crippen MR) is 102 cm³/mol. The third-order valence-electron chi connectivity index (χ3n) is 4.74. The number of aromatic nitrogens is 3. The zero-order chi connectivity index (χ0) is 18.1. The molecule has 2 aromatic rings. The third-order valence-corrected chi connectivity index (χ3v) is 5.86. The number of rotatable bonds is 3. The van der Waals surface area contributed by atoms with Gasteiger partial charge in [-0.15, -0.1) is 0 Å². The van der Waals surface area contributed by atoms with Gasteiger partial charge >= 0.3 is 0 Å². The van der Waals surface area contributed by atoms with Crippen LogP contribution in [0.2, 0.25) is 5.02 Å². The molecule has 1 saturated heterocycles. The second kappa shape index (κ2) is 7.36. The number of nitrogens with zero attached hydrogens (tertiary/aromatic N) is 4. The van der Waals surface area contributed by atoms with Crippen LogP contribution in [0.25, 0.3) is 0 Å². The molecule has 0 saturated carbocycles. The molecule has 1 N–H and O–H groups in total. The molecule has 4 heterocycles. The molecule has 1 fully saturated rings. The average molecular weight is 394 g/mol. The van der Waals surface area contributed by atoms with Gasteiger partial charge in [0.15, 0.2) is 11.6 Å². The van der Waals surface area contributed by atoms with Crippen molar-refractivity contribution in [2.75, 3.05) is 42.7 Å². The van der Waals surface area contributed by atoms with Gasteiger partial charge in [0.05, 0.1) is 26.4 Å². The number of piperidine rings is 1. The first kappa shape index (κ1) is 17.5. The van der Waals surface area contributed by atoms with E-state index in [0.29, 0.717) is 34.7 Å². The van der Waals surface area contributed by atoms with E-state index in [1.807, 2.05) is 0 Å². The zero-order valence-corrected chi connectivity index (χ0v) is 16.0. The number of fused-ring (bicyclic) bond motifs is 1. The lowest BCUT2D eigenvalue weighted by Gasteiger charge is -2.34. The van der Waals surface area contributed by atoms with Crippen LogP contribution < -0.4 is 15.0 Å². The summed E-state index contributed by atoms with van der Waals surface area (Å²) >= 11 is 5.87. The van der Waals surface area contributed by atoms with E-state index in [9.17, 15) is 4.21 Å². The van der Waals surface area contributed by atoms with E-state index in [0.717, 1.165) is 43.3 Å². The van der Waals surface area contributed by atoms with Crippen LogP contribution in [0, 0.1) is 0 Å². The molecule has 7 nitrogen and oxygen atoms in total. The van der Waals surface area contributed by atoms with Crippen LogP contribution in [0.5, 0.6) is 5.75 Å². The third kappa shape index (κ3) is 3.35. The summed E-state index contributed by atoms with van der Waals surface area (Å²) in [5.74, 6) is 2.70. The summed E-state index contributed by atoms with van der Waals surface area (Å²) in [5, 5.41) is 3.87. The van der Waals surface area contributed by atoms with Gasteiger partial charge in [-0.1, -0.05) is 11.6 Å². The number of pyridine rings is 1. The fourth-order valence-corrected chi connectivity index (χ4v) is 4.18. The number of nitrogens with one attached hydrogen (secondary N) is 1. The van der Waals surface area contributed by atoms with Crippen molar-refractivity contribution >= 4 is 33.9 Å². The van der Waals surface area contributed by atoms with Gasteiger partial charge in [-0.25, -0.2) is 15.0 Å². The van der Waals surface area contributed by atoms with Gasteiger partial charge in [0, 0.05) is 50.4 Å². The molecule has 2 aliphatic rings. The van der Waals surface area contributed by atoms with Gasteiger partial charge in [-0.2, -0.15) is 0 Å². The number of hydrogen-bond donors (Lipinski definition) is 1. The zero-order valence-electron chi connectivity index (χ0n) is 14.4.